The predicted molar refractivity (Wildman–Crippen MR) is 68.3 cm³/mol. The average molecular weight is 267 g/mol. The van der Waals surface area contributed by atoms with Crippen molar-refractivity contribution in [3.8, 4) is 0 Å². The summed E-state index contributed by atoms with van der Waals surface area (Å²) in [7, 11) is 0. The Morgan fingerprint density at radius 3 is 2.95 bits per heavy atom. The highest BCUT2D eigenvalue weighted by Crippen LogP contribution is 2.22. The molecule has 1 aliphatic heterocycles. The van der Waals surface area contributed by atoms with E-state index in [1.54, 1.807) is 11.0 Å². The summed E-state index contributed by atoms with van der Waals surface area (Å²) < 4.78 is 18.8. The van der Waals surface area contributed by atoms with Gasteiger partial charge in [-0.15, -0.1) is 0 Å². The van der Waals surface area contributed by atoms with Crippen LogP contribution in [0, 0.1) is 5.82 Å². The highest BCUT2D eigenvalue weighted by Gasteiger charge is 2.35. The summed E-state index contributed by atoms with van der Waals surface area (Å²) in [6.45, 7) is 4.31. The van der Waals surface area contributed by atoms with Gasteiger partial charge in [0.15, 0.2) is 0 Å². The van der Waals surface area contributed by atoms with E-state index < -0.39 is 17.5 Å². The summed E-state index contributed by atoms with van der Waals surface area (Å²) in [6, 6.07) is 5.62. The van der Waals surface area contributed by atoms with Crippen molar-refractivity contribution in [3.05, 3.63) is 35.6 Å². The number of rotatable bonds is 2. The van der Waals surface area contributed by atoms with Gasteiger partial charge in [-0.1, -0.05) is 6.07 Å². The van der Waals surface area contributed by atoms with Crippen molar-refractivity contribution < 1.29 is 19.0 Å². The highest BCUT2D eigenvalue weighted by molar-refractivity contribution is 5.94. The highest BCUT2D eigenvalue weighted by atomic mass is 19.1. The average Bonchev–Trinajstić information content (AvgIpc) is 2.36. The number of hydrogen-bond donors (Lipinski definition) is 1. The van der Waals surface area contributed by atoms with Gasteiger partial charge >= 0.3 is 0 Å². The molecule has 0 aliphatic carbocycles. The molecule has 1 aliphatic rings. The van der Waals surface area contributed by atoms with Gasteiger partial charge < -0.3 is 14.7 Å². The van der Waals surface area contributed by atoms with Gasteiger partial charge in [0.2, 0.25) is 0 Å². The molecule has 4 nitrogen and oxygen atoms in total. The Kier molecular flexibility index (Phi) is 3.87. The summed E-state index contributed by atoms with van der Waals surface area (Å²) in [5, 5.41) is 9.21. The maximum absolute atomic E-state index is 13.2. The molecule has 1 aromatic carbocycles. The lowest BCUT2D eigenvalue weighted by molar-refractivity contribution is -0.139. The van der Waals surface area contributed by atoms with Gasteiger partial charge in [-0.2, -0.15) is 0 Å². The summed E-state index contributed by atoms with van der Waals surface area (Å²) in [6.07, 6.45) is -0.402. The van der Waals surface area contributed by atoms with Crippen molar-refractivity contribution >= 4 is 5.91 Å². The molecule has 1 heterocycles. The number of halogens is 1. The first-order valence-electron chi connectivity index (χ1n) is 6.25. The topological polar surface area (TPSA) is 49.8 Å². The SMILES string of the molecule is CC1(C)CN(C(=O)c2cccc(F)c2)CC(CO)O1. The summed E-state index contributed by atoms with van der Waals surface area (Å²) >= 11 is 0. The third kappa shape index (κ3) is 3.30. The van der Waals surface area contributed by atoms with Gasteiger partial charge in [-0.3, -0.25) is 4.79 Å². The van der Waals surface area contributed by atoms with Crippen LogP contribution in [0.5, 0.6) is 0 Å². The van der Waals surface area contributed by atoms with Crippen LogP contribution in [0.3, 0.4) is 0 Å². The molecule has 1 unspecified atom stereocenters. The number of carbonyl (C=O) groups excluding carboxylic acids is 1. The molecule has 0 bridgehead atoms. The van der Waals surface area contributed by atoms with E-state index in [4.69, 9.17) is 4.74 Å². The van der Waals surface area contributed by atoms with Gasteiger partial charge in [-0.25, -0.2) is 4.39 Å². The number of carbonyl (C=O) groups is 1. The first kappa shape index (κ1) is 14.0. The van der Waals surface area contributed by atoms with E-state index in [0.717, 1.165) is 0 Å². The Balaban J connectivity index is 2.18. The van der Waals surface area contributed by atoms with E-state index >= 15 is 0 Å². The number of aliphatic hydroxyl groups is 1. The Hall–Kier alpha value is -1.46. The van der Waals surface area contributed by atoms with Gasteiger partial charge in [-0.05, 0) is 32.0 Å². The number of nitrogens with zero attached hydrogens (tertiary/aromatic N) is 1. The normalized spacial score (nSPS) is 22.3. The fourth-order valence-electron chi connectivity index (χ4n) is 2.35. The Bertz CT molecular complexity index is 476. The summed E-state index contributed by atoms with van der Waals surface area (Å²) in [5.74, 6) is -0.675. The minimum atomic E-state index is -0.519. The zero-order valence-electron chi connectivity index (χ0n) is 11.1. The van der Waals surface area contributed by atoms with Crippen molar-refractivity contribution in [2.24, 2.45) is 0 Å². The Morgan fingerprint density at radius 1 is 1.58 bits per heavy atom. The minimum Gasteiger partial charge on any atom is -0.394 e. The van der Waals surface area contributed by atoms with Crippen LogP contribution >= 0.6 is 0 Å². The van der Waals surface area contributed by atoms with Crippen LogP contribution in [0.2, 0.25) is 0 Å². The number of ether oxygens (including phenoxy) is 1. The smallest absolute Gasteiger partial charge is 0.254 e. The molecule has 1 aromatic rings. The molecule has 0 radical (unpaired) electrons. The third-order valence-corrected chi connectivity index (χ3v) is 3.04. The number of aliphatic hydroxyl groups excluding tert-OH is 1. The van der Waals surface area contributed by atoms with Crippen molar-refractivity contribution in [2.75, 3.05) is 19.7 Å². The zero-order valence-corrected chi connectivity index (χ0v) is 11.1. The Morgan fingerprint density at radius 2 is 2.32 bits per heavy atom. The monoisotopic (exact) mass is 267 g/mol. The minimum absolute atomic E-state index is 0.142. The van der Waals surface area contributed by atoms with E-state index in [1.807, 2.05) is 13.8 Å². The molecule has 19 heavy (non-hydrogen) atoms. The van der Waals surface area contributed by atoms with Gasteiger partial charge in [0.25, 0.3) is 5.91 Å². The van der Waals surface area contributed by atoms with Crippen LogP contribution in [-0.2, 0) is 4.74 Å². The quantitative estimate of drug-likeness (QED) is 0.882. The molecular weight excluding hydrogens is 249 g/mol. The van der Waals surface area contributed by atoms with E-state index in [-0.39, 0.29) is 12.5 Å². The number of benzene rings is 1. The van der Waals surface area contributed by atoms with Crippen molar-refractivity contribution in [1.29, 1.82) is 0 Å². The van der Waals surface area contributed by atoms with Crippen LogP contribution in [0.25, 0.3) is 0 Å². The van der Waals surface area contributed by atoms with Crippen LogP contribution in [0.1, 0.15) is 24.2 Å². The van der Waals surface area contributed by atoms with Crippen molar-refractivity contribution in [1.82, 2.24) is 4.90 Å². The molecule has 5 heteroatoms. The van der Waals surface area contributed by atoms with Crippen molar-refractivity contribution in [2.45, 2.75) is 25.6 Å². The summed E-state index contributed by atoms with van der Waals surface area (Å²) in [4.78, 5) is 13.9. The van der Waals surface area contributed by atoms with Gasteiger partial charge in [0.05, 0.1) is 18.3 Å². The lowest BCUT2D eigenvalue weighted by atomic mass is 10.0. The standard InChI is InChI=1S/C14H18FNO3/c1-14(2)9-16(7-12(8-17)19-14)13(18)10-4-3-5-11(15)6-10/h3-6,12,17H,7-9H2,1-2H3. The van der Waals surface area contributed by atoms with Crippen molar-refractivity contribution in [3.63, 3.8) is 0 Å². The van der Waals surface area contributed by atoms with E-state index in [2.05, 4.69) is 0 Å². The molecule has 1 saturated heterocycles. The first-order chi connectivity index (χ1) is 8.91. The van der Waals surface area contributed by atoms with Gasteiger partial charge in [0, 0.05) is 18.7 Å². The Labute approximate surface area is 111 Å². The molecule has 0 aromatic heterocycles. The largest absolute Gasteiger partial charge is 0.394 e. The van der Waals surface area contributed by atoms with Crippen LogP contribution in [0.15, 0.2) is 24.3 Å². The molecule has 1 N–H and O–H groups in total. The predicted octanol–water partition coefficient (Wildman–Crippen LogP) is 1.44. The first-order valence-corrected chi connectivity index (χ1v) is 6.25. The summed E-state index contributed by atoms with van der Waals surface area (Å²) in [5.41, 5.74) is -0.205. The van der Waals surface area contributed by atoms with Crippen LogP contribution in [0.4, 0.5) is 4.39 Å². The number of morpholine rings is 1. The second kappa shape index (κ2) is 5.27. The second-order valence-corrected chi connectivity index (χ2v) is 5.38. The molecule has 2 rings (SSSR count). The van der Waals surface area contributed by atoms with Gasteiger partial charge in [0.1, 0.15) is 5.82 Å². The van der Waals surface area contributed by atoms with E-state index in [9.17, 15) is 14.3 Å². The molecule has 1 atom stereocenters. The second-order valence-electron chi connectivity index (χ2n) is 5.38. The zero-order chi connectivity index (χ0) is 14.0. The lowest BCUT2D eigenvalue weighted by Gasteiger charge is -2.42. The maximum Gasteiger partial charge on any atom is 0.254 e. The van der Waals surface area contributed by atoms with E-state index in [0.29, 0.717) is 18.7 Å². The molecule has 0 saturated carbocycles. The van der Waals surface area contributed by atoms with Crippen LogP contribution < -0.4 is 0 Å². The maximum atomic E-state index is 13.2. The number of hydrogen-bond acceptors (Lipinski definition) is 3. The molecule has 1 amide bonds. The fourth-order valence-corrected chi connectivity index (χ4v) is 2.35. The number of amides is 1. The third-order valence-electron chi connectivity index (χ3n) is 3.04. The lowest BCUT2D eigenvalue weighted by Crippen LogP contribution is -2.55. The molecule has 1 fully saturated rings. The molecular formula is C14H18FNO3. The van der Waals surface area contributed by atoms with E-state index in [1.165, 1.54) is 18.2 Å². The molecule has 0 spiro atoms. The molecule has 104 valence electrons. The fraction of sp³-hybridized carbons (Fsp3) is 0.500. The van der Waals surface area contributed by atoms with Crippen LogP contribution in [-0.4, -0.2) is 47.3 Å².